The minimum absolute atomic E-state index is 0.00668. The van der Waals surface area contributed by atoms with Gasteiger partial charge in [0.2, 0.25) is 10.0 Å². The van der Waals surface area contributed by atoms with Crippen molar-refractivity contribution in [3.63, 3.8) is 0 Å². The van der Waals surface area contributed by atoms with Gasteiger partial charge in [-0.15, -0.1) is 0 Å². The summed E-state index contributed by atoms with van der Waals surface area (Å²) in [7, 11) is -6.75. The van der Waals surface area contributed by atoms with Gasteiger partial charge in [0.1, 0.15) is 12.4 Å². The number of hydrogen-bond acceptors (Lipinski definition) is 6. The molecular weight excluding hydrogens is 316 g/mol. The Morgan fingerprint density at radius 1 is 1.19 bits per heavy atom. The average Bonchev–Trinajstić information content (AvgIpc) is 2.38. The quantitative estimate of drug-likeness (QED) is 0.613. The third-order valence-electron chi connectivity index (χ3n) is 2.65. The molecule has 1 rings (SSSR count). The van der Waals surface area contributed by atoms with Crippen LogP contribution in [0.5, 0.6) is 5.75 Å². The Morgan fingerprint density at radius 3 is 2.52 bits per heavy atom. The van der Waals surface area contributed by atoms with Crippen molar-refractivity contribution in [3.05, 3.63) is 24.3 Å². The molecule has 0 atom stereocenters. The van der Waals surface area contributed by atoms with Crippen LogP contribution in [0.25, 0.3) is 0 Å². The van der Waals surface area contributed by atoms with E-state index in [1.54, 1.807) is 24.3 Å². The van der Waals surface area contributed by atoms with E-state index in [9.17, 15) is 16.8 Å². The Kier molecular flexibility index (Phi) is 6.43. The molecule has 21 heavy (non-hydrogen) atoms. The van der Waals surface area contributed by atoms with E-state index < -0.39 is 19.9 Å². The molecule has 7 nitrogen and oxygen atoms in total. The van der Waals surface area contributed by atoms with Crippen LogP contribution in [0, 0.1) is 0 Å². The van der Waals surface area contributed by atoms with Crippen LogP contribution in [0.4, 0.5) is 5.69 Å². The second-order valence-corrected chi connectivity index (χ2v) is 8.77. The molecular formula is C12H20N2O5S2. The van der Waals surface area contributed by atoms with E-state index in [2.05, 4.69) is 4.72 Å². The van der Waals surface area contributed by atoms with Gasteiger partial charge in [-0.1, -0.05) is 13.0 Å². The third-order valence-corrected chi connectivity index (χ3v) is 5.71. The average molecular weight is 336 g/mol. The molecule has 0 heterocycles. The summed E-state index contributed by atoms with van der Waals surface area (Å²) in [4.78, 5) is 0. The van der Waals surface area contributed by atoms with Crippen LogP contribution in [0.15, 0.2) is 24.3 Å². The summed E-state index contributed by atoms with van der Waals surface area (Å²) in [5, 5.41) is 0. The SMILES string of the molecule is CCS(=O)(=O)CCNS(=O)(=O)CCOc1cccc(N)c1. The van der Waals surface area contributed by atoms with E-state index in [1.165, 1.54) is 6.92 Å². The lowest BCUT2D eigenvalue weighted by atomic mass is 10.3. The number of nitrogen functional groups attached to an aromatic ring is 1. The highest BCUT2D eigenvalue weighted by Crippen LogP contribution is 2.14. The number of benzene rings is 1. The lowest BCUT2D eigenvalue weighted by Gasteiger charge is -2.09. The standard InChI is InChI=1S/C12H20N2O5S2/c1-2-20(15,16)8-6-14-21(17,18)9-7-19-12-5-3-4-11(13)10-12/h3-5,10,14H,2,6-9,13H2,1H3. The van der Waals surface area contributed by atoms with E-state index in [0.717, 1.165) is 0 Å². The predicted octanol–water partition coefficient (Wildman–Crippen LogP) is 0.00170. The molecule has 0 aromatic heterocycles. The van der Waals surface area contributed by atoms with Crippen LogP contribution >= 0.6 is 0 Å². The number of hydrogen-bond donors (Lipinski definition) is 2. The zero-order chi connectivity index (χ0) is 15.9. The first-order chi connectivity index (χ1) is 9.74. The molecule has 0 unspecified atom stereocenters. The largest absolute Gasteiger partial charge is 0.492 e. The van der Waals surface area contributed by atoms with Gasteiger partial charge < -0.3 is 10.5 Å². The number of rotatable bonds is 9. The summed E-state index contributed by atoms with van der Waals surface area (Å²) in [6.45, 7) is 1.35. The molecule has 0 aliphatic carbocycles. The van der Waals surface area contributed by atoms with Crippen LogP contribution < -0.4 is 15.2 Å². The molecule has 0 fully saturated rings. The van der Waals surface area contributed by atoms with Gasteiger partial charge in [-0.2, -0.15) is 0 Å². The number of sulfone groups is 1. The van der Waals surface area contributed by atoms with Crippen molar-refractivity contribution in [3.8, 4) is 5.75 Å². The Bertz CT molecular complexity index is 656. The third kappa shape index (κ3) is 7.30. The van der Waals surface area contributed by atoms with Crippen molar-refractivity contribution < 1.29 is 21.6 Å². The molecule has 0 spiro atoms. The van der Waals surface area contributed by atoms with Gasteiger partial charge in [-0.05, 0) is 12.1 Å². The molecule has 0 aliphatic heterocycles. The zero-order valence-electron chi connectivity index (χ0n) is 11.8. The molecule has 3 N–H and O–H groups in total. The smallest absolute Gasteiger partial charge is 0.214 e. The van der Waals surface area contributed by atoms with Gasteiger partial charge in [0.05, 0.1) is 11.5 Å². The minimum Gasteiger partial charge on any atom is -0.492 e. The number of ether oxygens (including phenoxy) is 1. The molecule has 0 radical (unpaired) electrons. The summed E-state index contributed by atoms with van der Waals surface area (Å²) in [5.74, 6) is 0.0128. The van der Waals surface area contributed by atoms with Crippen LogP contribution in [0.3, 0.4) is 0 Å². The molecule has 0 amide bonds. The summed E-state index contributed by atoms with van der Waals surface area (Å²) >= 11 is 0. The number of sulfonamides is 1. The molecule has 1 aromatic rings. The van der Waals surface area contributed by atoms with Crippen molar-refractivity contribution in [1.29, 1.82) is 0 Å². The lowest BCUT2D eigenvalue weighted by molar-refractivity contribution is 0.340. The predicted molar refractivity (Wildman–Crippen MR) is 82.5 cm³/mol. The number of nitrogens with one attached hydrogen (secondary N) is 1. The Morgan fingerprint density at radius 2 is 1.90 bits per heavy atom. The van der Waals surface area contributed by atoms with Crippen molar-refractivity contribution in [2.24, 2.45) is 0 Å². The Hall–Kier alpha value is -1.32. The fraction of sp³-hybridized carbons (Fsp3) is 0.500. The molecule has 0 bridgehead atoms. The second-order valence-electron chi connectivity index (χ2n) is 4.37. The minimum atomic E-state index is -3.56. The van der Waals surface area contributed by atoms with Crippen molar-refractivity contribution in [2.75, 3.05) is 36.1 Å². The monoisotopic (exact) mass is 336 g/mol. The zero-order valence-corrected chi connectivity index (χ0v) is 13.4. The van der Waals surface area contributed by atoms with E-state index in [1.807, 2.05) is 0 Å². The summed E-state index contributed by atoms with van der Waals surface area (Å²) in [6.07, 6.45) is 0. The van der Waals surface area contributed by atoms with Crippen molar-refractivity contribution in [1.82, 2.24) is 4.72 Å². The van der Waals surface area contributed by atoms with E-state index in [0.29, 0.717) is 11.4 Å². The first-order valence-electron chi connectivity index (χ1n) is 6.40. The van der Waals surface area contributed by atoms with Gasteiger partial charge in [0.15, 0.2) is 9.84 Å². The molecule has 0 saturated carbocycles. The Balaban J connectivity index is 2.36. The normalized spacial score (nSPS) is 12.2. The topological polar surface area (TPSA) is 116 Å². The molecule has 0 saturated heterocycles. The fourth-order valence-corrected chi connectivity index (χ4v) is 3.13. The summed E-state index contributed by atoms with van der Waals surface area (Å²) in [6, 6.07) is 6.66. The first-order valence-corrected chi connectivity index (χ1v) is 9.87. The highest BCUT2D eigenvalue weighted by atomic mass is 32.2. The molecule has 0 aliphatic rings. The molecule has 120 valence electrons. The second kappa shape index (κ2) is 7.62. The lowest BCUT2D eigenvalue weighted by Crippen LogP contribution is -2.33. The molecule has 1 aromatic carbocycles. The Labute approximate surface area is 125 Å². The summed E-state index contributed by atoms with van der Waals surface area (Å²) < 4.78 is 53.3. The van der Waals surface area contributed by atoms with Crippen molar-refractivity contribution in [2.45, 2.75) is 6.92 Å². The van der Waals surface area contributed by atoms with E-state index in [4.69, 9.17) is 10.5 Å². The van der Waals surface area contributed by atoms with Gasteiger partial charge in [0, 0.05) is 24.1 Å². The van der Waals surface area contributed by atoms with Crippen LogP contribution in [0.1, 0.15) is 6.92 Å². The van der Waals surface area contributed by atoms with Crippen LogP contribution in [-0.4, -0.2) is 47.2 Å². The van der Waals surface area contributed by atoms with Gasteiger partial charge in [0.25, 0.3) is 0 Å². The number of anilines is 1. The van der Waals surface area contributed by atoms with Crippen LogP contribution in [0.2, 0.25) is 0 Å². The van der Waals surface area contributed by atoms with Gasteiger partial charge in [-0.3, -0.25) is 0 Å². The highest BCUT2D eigenvalue weighted by Gasteiger charge is 2.13. The van der Waals surface area contributed by atoms with Gasteiger partial charge in [-0.25, -0.2) is 21.6 Å². The van der Waals surface area contributed by atoms with Crippen LogP contribution in [-0.2, 0) is 19.9 Å². The van der Waals surface area contributed by atoms with Crippen molar-refractivity contribution >= 4 is 25.5 Å². The number of nitrogens with two attached hydrogens (primary N) is 1. The first kappa shape index (κ1) is 17.7. The maximum atomic E-state index is 11.7. The summed E-state index contributed by atoms with van der Waals surface area (Å²) in [5.41, 5.74) is 6.09. The van der Waals surface area contributed by atoms with E-state index >= 15 is 0 Å². The van der Waals surface area contributed by atoms with E-state index in [-0.39, 0.29) is 30.4 Å². The maximum absolute atomic E-state index is 11.7. The fourth-order valence-electron chi connectivity index (χ4n) is 1.44. The maximum Gasteiger partial charge on any atom is 0.214 e. The van der Waals surface area contributed by atoms with Gasteiger partial charge >= 0.3 is 0 Å². The molecule has 9 heteroatoms. The highest BCUT2D eigenvalue weighted by molar-refractivity contribution is 7.91.